The highest BCUT2D eigenvalue weighted by Gasteiger charge is 2.16. The van der Waals surface area contributed by atoms with Crippen LogP contribution in [-0.2, 0) is 11.3 Å². The molecular weight excluding hydrogens is 336 g/mol. The van der Waals surface area contributed by atoms with Crippen LogP contribution in [0.1, 0.15) is 23.6 Å². The smallest absolute Gasteiger partial charge is 0.222 e. The predicted molar refractivity (Wildman–Crippen MR) is 105 cm³/mol. The Labute approximate surface area is 157 Å². The molecule has 0 fully saturated rings. The first kappa shape index (κ1) is 17.0. The van der Waals surface area contributed by atoms with E-state index < -0.39 is 0 Å². The van der Waals surface area contributed by atoms with Gasteiger partial charge in [-0.25, -0.2) is 4.98 Å². The van der Waals surface area contributed by atoms with Crippen LogP contribution in [0.2, 0.25) is 0 Å². The zero-order chi connectivity index (χ0) is 18.5. The number of aromatic nitrogens is 3. The van der Waals surface area contributed by atoms with Gasteiger partial charge in [-0.1, -0.05) is 42.5 Å². The van der Waals surface area contributed by atoms with Gasteiger partial charge in [0.2, 0.25) is 5.91 Å². The number of carbonyl (C=O) groups excluding carboxylic acids is 1. The number of benzene rings is 2. The molecule has 0 spiro atoms. The quantitative estimate of drug-likeness (QED) is 0.573. The molecule has 2 heterocycles. The van der Waals surface area contributed by atoms with Gasteiger partial charge in [-0.15, -0.1) is 0 Å². The van der Waals surface area contributed by atoms with Crippen molar-refractivity contribution in [1.29, 1.82) is 0 Å². The van der Waals surface area contributed by atoms with Gasteiger partial charge in [-0.3, -0.25) is 9.78 Å². The van der Waals surface area contributed by atoms with Gasteiger partial charge in [0.1, 0.15) is 0 Å². The summed E-state index contributed by atoms with van der Waals surface area (Å²) in [4.78, 5) is 21.1. The Bertz CT molecular complexity index is 988. The Kier molecular flexibility index (Phi) is 4.92. The van der Waals surface area contributed by atoms with E-state index in [1.165, 1.54) is 0 Å². The van der Waals surface area contributed by atoms with Crippen LogP contribution < -0.4 is 5.32 Å². The maximum atomic E-state index is 12.7. The van der Waals surface area contributed by atoms with Gasteiger partial charge in [0, 0.05) is 25.4 Å². The summed E-state index contributed by atoms with van der Waals surface area (Å²) in [7, 11) is 0. The first-order chi connectivity index (χ1) is 13.3. The number of fused-ring (bicyclic) bond motifs is 1. The lowest BCUT2D eigenvalue weighted by molar-refractivity contribution is -0.121. The van der Waals surface area contributed by atoms with E-state index in [2.05, 4.69) is 15.3 Å². The molecule has 0 saturated carbocycles. The van der Waals surface area contributed by atoms with Crippen molar-refractivity contribution in [2.24, 2.45) is 0 Å². The molecule has 4 rings (SSSR count). The molecule has 2 aromatic heterocycles. The van der Waals surface area contributed by atoms with Crippen LogP contribution in [0.25, 0.3) is 11.0 Å². The van der Waals surface area contributed by atoms with Crippen molar-refractivity contribution in [2.45, 2.75) is 19.0 Å². The summed E-state index contributed by atoms with van der Waals surface area (Å²) in [6.07, 6.45) is 5.66. The second kappa shape index (κ2) is 7.83. The van der Waals surface area contributed by atoms with Crippen molar-refractivity contribution in [1.82, 2.24) is 19.9 Å². The monoisotopic (exact) mass is 356 g/mol. The van der Waals surface area contributed by atoms with Gasteiger partial charge in [0.25, 0.3) is 0 Å². The minimum Gasteiger partial charge on any atom is -0.345 e. The van der Waals surface area contributed by atoms with Gasteiger partial charge in [0.05, 0.1) is 23.4 Å². The van der Waals surface area contributed by atoms with E-state index in [1.807, 2.05) is 71.3 Å². The number of imidazole rings is 1. The highest BCUT2D eigenvalue weighted by atomic mass is 16.1. The molecule has 1 amide bonds. The van der Waals surface area contributed by atoms with E-state index >= 15 is 0 Å². The minimum atomic E-state index is -0.193. The van der Waals surface area contributed by atoms with Crippen LogP contribution in [-0.4, -0.2) is 20.4 Å². The van der Waals surface area contributed by atoms with Crippen LogP contribution in [0.15, 0.2) is 85.5 Å². The minimum absolute atomic E-state index is 0.00144. The molecule has 2 aromatic carbocycles. The Morgan fingerprint density at radius 1 is 0.926 bits per heavy atom. The summed E-state index contributed by atoms with van der Waals surface area (Å²) in [5.74, 6) is -0.00144. The molecule has 0 aliphatic rings. The molecule has 134 valence electrons. The second-order valence-electron chi connectivity index (χ2n) is 6.37. The molecule has 0 saturated heterocycles. The van der Waals surface area contributed by atoms with Crippen molar-refractivity contribution in [2.75, 3.05) is 0 Å². The number of aryl methyl sites for hydroxylation is 1. The summed E-state index contributed by atoms with van der Waals surface area (Å²) >= 11 is 0. The van der Waals surface area contributed by atoms with Crippen molar-refractivity contribution in [3.8, 4) is 0 Å². The number of amides is 1. The zero-order valence-electron chi connectivity index (χ0n) is 14.8. The second-order valence-corrected chi connectivity index (χ2v) is 6.37. The molecule has 0 radical (unpaired) electrons. The number of carbonyl (C=O) groups is 1. The van der Waals surface area contributed by atoms with Gasteiger partial charge < -0.3 is 9.88 Å². The third-order valence-corrected chi connectivity index (χ3v) is 4.58. The average Bonchev–Trinajstić information content (AvgIpc) is 3.15. The Morgan fingerprint density at radius 3 is 2.44 bits per heavy atom. The van der Waals surface area contributed by atoms with Crippen molar-refractivity contribution >= 4 is 16.9 Å². The number of para-hydroxylation sites is 2. The van der Waals surface area contributed by atoms with E-state index in [-0.39, 0.29) is 11.9 Å². The lowest BCUT2D eigenvalue weighted by Crippen LogP contribution is -2.30. The van der Waals surface area contributed by atoms with Crippen LogP contribution in [0.3, 0.4) is 0 Å². The molecular formula is C22H20N4O. The SMILES string of the molecule is O=C(CCn1cnc2ccccc21)NC(c1ccccc1)c1ccncc1. The van der Waals surface area contributed by atoms with Gasteiger partial charge in [-0.05, 0) is 35.4 Å². The van der Waals surface area contributed by atoms with Crippen LogP contribution >= 0.6 is 0 Å². The zero-order valence-corrected chi connectivity index (χ0v) is 14.8. The highest BCUT2D eigenvalue weighted by Crippen LogP contribution is 2.21. The molecule has 4 aromatic rings. The molecule has 27 heavy (non-hydrogen) atoms. The number of hydrogen-bond acceptors (Lipinski definition) is 3. The number of rotatable bonds is 6. The van der Waals surface area contributed by atoms with E-state index in [0.717, 1.165) is 22.2 Å². The van der Waals surface area contributed by atoms with E-state index in [0.29, 0.717) is 13.0 Å². The largest absolute Gasteiger partial charge is 0.345 e. The summed E-state index contributed by atoms with van der Waals surface area (Å²) in [6.45, 7) is 0.588. The molecule has 1 atom stereocenters. The fourth-order valence-corrected chi connectivity index (χ4v) is 3.20. The van der Waals surface area contributed by atoms with Crippen molar-refractivity contribution < 1.29 is 4.79 Å². The molecule has 0 bridgehead atoms. The molecule has 5 nitrogen and oxygen atoms in total. The number of nitrogens with one attached hydrogen (secondary N) is 1. The van der Waals surface area contributed by atoms with Crippen LogP contribution in [0.5, 0.6) is 0 Å². The van der Waals surface area contributed by atoms with Gasteiger partial charge in [0.15, 0.2) is 0 Å². The highest BCUT2D eigenvalue weighted by molar-refractivity contribution is 5.78. The predicted octanol–water partition coefficient (Wildman–Crippen LogP) is 3.73. The molecule has 5 heteroatoms. The summed E-state index contributed by atoms with van der Waals surface area (Å²) in [5, 5.41) is 3.16. The Morgan fingerprint density at radius 2 is 1.63 bits per heavy atom. The van der Waals surface area contributed by atoms with E-state index in [4.69, 9.17) is 0 Å². The summed E-state index contributed by atoms with van der Waals surface area (Å²) in [5.41, 5.74) is 4.04. The number of pyridine rings is 1. The third kappa shape index (κ3) is 3.87. The topological polar surface area (TPSA) is 59.8 Å². The molecule has 0 aliphatic carbocycles. The Balaban J connectivity index is 1.49. The third-order valence-electron chi connectivity index (χ3n) is 4.58. The lowest BCUT2D eigenvalue weighted by atomic mass is 9.99. The first-order valence-corrected chi connectivity index (χ1v) is 8.95. The van der Waals surface area contributed by atoms with E-state index in [1.54, 1.807) is 18.7 Å². The first-order valence-electron chi connectivity index (χ1n) is 8.95. The summed E-state index contributed by atoms with van der Waals surface area (Å²) in [6, 6.07) is 21.6. The number of nitrogens with zero attached hydrogens (tertiary/aromatic N) is 3. The fourth-order valence-electron chi connectivity index (χ4n) is 3.20. The van der Waals surface area contributed by atoms with Crippen LogP contribution in [0.4, 0.5) is 0 Å². The molecule has 1 unspecified atom stereocenters. The Hall–Kier alpha value is -3.47. The standard InChI is InChI=1S/C22H20N4O/c27-21(12-15-26-16-24-19-8-4-5-9-20(19)26)25-22(17-6-2-1-3-7-17)18-10-13-23-14-11-18/h1-11,13-14,16,22H,12,15H2,(H,25,27). The van der Waals surface area contributed by atoms with E-state index in [9.17, 15) is 4.79 Å². The average molecular weight is 356 g/mol. The van der Waals surface area contributed by atoms with Crippen molar-refractivity contribution in [3.63, 3.8) is 0 Å². The maximum Gasteiger partial charge on any atom is 0.222 e. The van der Waals surface area contributed by atoms with Gasteiger partial charge >= 0.3 is 0 Å². The van der Waals surface area contributed by atoms with Crippen molar-refractivity contribution in [3.05, 3.63) is 96.6 Å². The molecule has 1 N–H and O–H groups in total. The van der Waals surface area contributed by atoms with Gasteiger partial charge in [-0.2, -0.15) is 0 Å². The number of hydrogen-bond donors (Lipinski definition) is 1. The fraction of sp³-hybridized carbons (Fsp3) is 0.136. The normalized spacial score (nSPS) is 12.0. The van der Waals surface area contributed by atoms with Crippen LogP contribution in [0, 0.1) is 0 Å². The molecule has 0 aliphatic heterocycles. The summed E-state index contributed by atoms with van der Waals surface area (Å²) < 4.78 is 2.01. The maximum absolute atomic E-state index is 12.7. The lowest BCUT2D eigenvalue weighted by Gasteiger charge is -2.20.